The zero-order valence-corrected chi connectivity index (χ0v) is 14.7. The number of nitrogens with one attached hydrogen (secondary N) is 2. The summed E-state index contributed by atoms with van der Waals surface area (Å²) in [5, 5.41) is 8.44. The lowest BCUT2D eigenvalue weighted by atomic mass is 10.1. The molecule has 2 aromatic rings. The van der Waals surface area contributed by atoms with E-state index in [-0.39, 0.29) is 12.5 Å². The van der Waals surface area contributed by atoms with Gasteiger partial charge in [0.1, 0.15) is 0 Å². The summed E-state index contributed by atoms with van der Waals surface area (Å²) in [6, 6.07) is 6.13. The summed E-state index contributed by atoms with van der Waals surface area (Å²) in [5.41, 5.74) is 1.29. The highest BCUT2D eigenvalue weighted by Crippen LogP contribution is 2.23. The molecule has 0 atom stereocenters. The quantitative estimate of drug-likeness (QED) is 0.634. The molecule has 24 heavy (non-hydrogen) atoms. The number of aliphatic imine (C=N–C) groups is 1. The maximum absolute atomic E-state index is 12.4. The monoisotopic (exact) mass is 345 g/mol. The summed E-state index contributed by atoms with van der Waals surface area (Å²) in [5.74, 6) is 0.768. The van der Waals surface area contributed by atoms with Crippen LogP contribution in [-0.4, -0.2) is 48.0 Å². The van der Waals surface area contributed by atoms with Crippen molar-refractivity contribution in [3.05, 3.63) is 46.4 Å². The van der Waals surface area contributed by atoms with Crippen LogP contribution < -0.4 is 10.6 Å². The van der Waals surface area contributed by atoms with Crippen molar-refractivity contribution in [2.24, 2.45) is 4.99 Å². The van der Waals surface area contributed by atoms with Gasteiger partial charge in [-0.3, -0.25) is 9.79 Å². The molecule has 3 rings (SSSR count). The molecule has 7 heteroatoms. The molecule has 1 amide bonds. The van der Waals surface area contributed by atoms with Gasteiger partial charge in [0.15, 0.2) is 5.96 Å². The number of rotatable bonds is 5. The second-order valence-corrected chi connectivity index (χ2v) is 6.71. The zero-order chi connectivity index (χ0) is 16.8. The minimum atomic E-state index is 0.111. The van der Waals surface area contributed by atoms with Crippen molar-refractivity contribution in [3.63, 3.8) is 0 Å². The Hall–Kier alpha value is -2.28. The standard InChI is InChI=1S/C17H23N5OS/c1-18-17(19-6-10-21-7-2-3-8-21)20-12-16(23)22-9-4-15-14(13-22)5-11-24-15/h2-3,5,7-8,11H,4,6,9-10,12-13H2,1H3,(H2,18,19,20). The maximum atomic E-state index is 12.4. The largest absolute Gasteiger partial charge is 0.355 e. The zero-order valence-electron chi connectivity index (χ0n) is 13.9. The SMILES string of the molecule is CN=C(NCCn1cccc1)NCC(=O)N1CCc2sccc2C1. The molecule has 0 spiro atoms. The lowest BCUT2D eigenvalue weighted by Crippen LogP contribution is -2.46. The lowest BCUT2D eigenvalue weighted by molar-refractivity contribution is -0.130. The fourth-order valence-electron chi connectivity index (χ4n) is 2.78. The van der Waals surface area contributed by atoms with E-state index in [1.54, 1.807) is 18.4 Å². The minimum absolute atomic E-state index is 0.111. The van der Waals surface area contributed by atoms with Crippen LogP contribution in [0.3, 0.4) is 0 Å². The number of nitrogens with zero attached hydrogens (tertiary/aromatic N) is 3. The van der Waals surface area contributed by atoms with Crippen LogP contribution in [0.25, 0.3) is 0 Å². The predicted molar refractivity (Wildman–Crippen MR) is 97.2 cm³/mol. The first-order valence-electron chi connectivity index (χ1n) is 8.14. The van der Waals surface area contributed by atoms with Crippen molar-refractivity contribution in [2.45, 2.75) is 19.5 Å². The summed E-state index contributed by atoms with van der Waals surface area (Å²) in [4.78, 5) is 19.9. The third-order valence-electron chi connectivity index (χ3n) is 4.12. The molecule has 0 aromatic carbocycles. The molecule has 0 saturated heterocycles. The van der Waals surface area contributed by atoms with Crippen LogP contribution in [0.2, 0.25) is 0 Å². The van der Waals surface area contributed by atoms with E-state index in [0.717, 1.165) is 32.6 Å². The Labute approximate surface area is 146 Å². The summed E-state index contributed by atoms with van der Waals surface area (Å²) < 4.78 is 2.09. The van der Waals surface area contributed by atoms with Crippen LogP contribution in [0, 0.1) is 0 Å². The van der Waals surface area contributed by atoms with E-state index in [1.165, 1.54) is 10.4 Å². The van der Waals surface area contributed by atoms with E-state index in [1.807, 2.05) is 29.4 Å². The van der Waals surface area contributed by atoms with Crippen molar-refractivity contribution < 1.29 is 4.79 Å². The van der Waals surface area contributed by atoms with Gasteiger partial charge < -0.3 is 20.1 Å². The highest BCUT2D eigenvalue weighted by molar-refractivity contribution is 7.10. The van der Waals surface area contributed by atoms with Crippen LogP contribution in [0.15, 0.2) is 41.0 Å². The van der Waals surface area contributed by atoms with Crippen molar-refractivity contribution in [1.29, 1.82) is 0 Å². The van der Waals surface area contributed by atoms with E-state index >= 15 is 0 Å². The first kappa shape index (κ1) is 16.6. The van der Waals surface area contributed by atoms with Crippen LogP contribution in [0.5, 0.6) is 0 Å². The van der Waals surface area contributed by atoms with E-state index in [2.05, 4.69) is 31.6 Å². The van der Waals surface area contributed by atoms with Gasteiger partial charge in [-0.2, -0.15) is 0 Å². The van der Waals surface area contributed by atoms with Gasteiger partial charge in [-0.25, -0.2) is 0 Å². The molecule has 128 valence electrons. The Morgan fingerprint density at radius 3 is 2.96 bits per heavy atom. The lowest BCUT2D eigenvalue weighted by Gasteiger charge is -2.27. The first-order valence-corrected chi connectivity index (χ1v) is 9.02. The fraction of sp³-hybridized carbons (Fsp3) is 0.412. The predicted octanol–water partition coefficient (Wildman–Crippen LogP) is 1.30. The molecule has 0 aliphatic carbocycles. The first-order chi connectivity index (χ1) is 11.8. The van der Waals surface area contributed by atoms with Gasteiger partial charge >= 0.3 is 0 Å². The Morgan fingerprint density at radius 1 is 1.33 bits per heavy atom. The second-order valence-electron chi connectivity index (χ2n) is 5.71. The number of thiophene rings is 1. The van der Waals surface area contributed by atoms with Crippen molar-refractivity contribution >= 4 is 23.2 Å². The van der Waals surface area contributed by atoms with Gasteiger partial charge in [0.25, 0.3) is 0 Å². The van der Waals surface area contributed by atoms with Gasteiger partial charge in [0, 0.05) is 50.5 Å². The molecule has 6 nitrogen and oxygen atoms in total. The van der Waals surface area contributed by atoms with Crippen LogP contribution in [0.1, 0.15) is 10.4 Å². The Kier molecular flexibility index (Phi) is 5.53. The summed E-state index contributed by atoms with van der Waals surface area (Å²) in [6.45, 7) is 3.40. The second kappa shape index (κ2) is 8.01. The Balaban J connectivity index is 1.41. The Bertz CT molecular complexity index is 692. The molecule has 0 bridgehead atoms. The average molecular weight is 345 g/mol. The number of carbonyl (C=O) groups excluding carboxylic acids is 1. The minimum Gasteiger partial charge on any atom is -0.355 e. The van der Waals surface area contributed by atoms with E-state index in [4.69, 9.17) is 0 Å². The van der Waals surface area contributed by atoms with Crippen molar-refractivity contribution in [3.8, 4) is 0 Å². The van der Waals surface area contributed by atoms with Gasteiger partial charge in [-0.1, -0.05) is 0 Å². The molecule has 2 aromatic heterocycles. The number of guanidine groups is 1. The van der Waals surface area contributed by atoms with E-state index in [9.17, 15) is 4.79 Å². The van der Waals surface area contributed by atoms with Crippen LogP contribution >= 0.6 is 11.3 Å². The number of carbonyl (C=O) groups is 1. The molecule has 1 aliphatic rings. The summed E-state index contributed by atoms with van der Waals surface area (Å²) in [7, 11) is 1.72. The fourth-order valence-corrected chi connectivity index (χ4v) is 3.67. The number of hydrogen-bond donors (Lipinski definition) is 2. The maximum Gasteiger partial charge on any atom is 0.242 e. The Morgan fingerprint density at radius 2 is 2.17 bits per heavy atom. The van der Waals surface area contributed by atoms with Crippen molar-refractivity contribution in [1.82, 2.24) is 20.1 Å². The van der Waals surface area contributed by atoms with Gasteiger partial charge in [-0.15, -0.1) is 11.3 Å². The van der Waals surface area contributed by atoms with Crippen LogP contribution in [-0.2, 0) is 24.3 Å². The molecular formula is C17H23N5OS. The van der Waals surface area contributed by atoms with E-state index < -0.39 is 0 Å². The topological polar surface area (TPSA) is 61.7 Å². The van der Waals surface area contributed by atoms with Gasteiger partial charge in [-0.05, 0) is 35.6 Å². The molecule has 0 fully saturated rings. The van der Waals surface area contributed by atoms with Crippen LogP contribution in [0.4, 0.5) is 0 Å². The molecule has 3 heterocycles. The molecule has 0 radical (unpaired) electrons. The third-order valence-corrected chi connectivity index (χ3v) is 5.14. The van der Waals surface area contributed by atoms with Gasteiger partial charge in [0.2, 0.25) is 5.91 Å². The van der Waals surface area contributed by atoms with E-state index in [0.29, 0.717) is 5.96 Å². The average Bonchev–Trinajstić information content (AvgIpc) is 3.28. The molecule has 0 saturated carbocycles. The number of aromatic nitrogens is 1. The summed E-state index contributed by atoms with van der Waals surface area (Å²) in [6.07, 6.45) is 5.01. The van der Waals surface area contributed by atoms with Crippen molar-refractivity contribution in [2.75, 3.05) is 26.7 Å². The van der Waals surface area contributed by atoms with Gasteiger partial charge in [0.05, 0.1) is 6.54 Å². The highest BCUT2D eigenvalue weighted by atomic mass is 32.1. The highest BCUT2D eigenvalue weighted by Gasteiger charge is 2.21. The normalized spacial score (nSPS) is 14.4. The molecule has 1 aliphatic heterocycles. The molecule has 0 unspecified atom stereocenters. The number of amides is 1. The molecular weight excluding hydrogens is 322 g/mol. The summed E-state index contributed by atoms with van der Waals surface area (Å²) >= 11 is 1.78. The smallest absolute Gasteiger partial charge is 0.242 e. The molecule has 2 N–H and O–H groups in total. The third kappa shape index (κ3) is 4.17. The number of hydrogen-bond acceptors (Lipinski definition) is 3. The number of fused-ring (bicyclic) bond motifs is 1.